The lowest BCUT2D eigenvalue weighted by molar-refractivity contribution is 0.361. The second-order valence-corrected chi connectivity index (χ2v) is 5.73. The van der Waals surface area contributed by atoms with E-state index in [2.05, 4.69) is 51.7 Å². The van der Waals surface area contributed by atoms with Crippen LogP contribution in [0, 0.1) is 12.8 Å². The number of piperidine rings is 1. The molecule has 0 spiro atoms. The van der Waals surface area contributed by atoms with Crippen molar-refractivity contribution in [2.45, 2.75) is 26.2 Å². The van der Waals surface area contributed by atoms with Crippen LogP contribution < -0.4 is 10.6 Å². The quantitative estimate of drug-likeness (QED) is 0.888. The number of halogens is 1. The Labute approximate surface area is 112 Å². The minimum Gasteiger partial charge on any atom is -0.385 e. The van der Waals surface area contributed by atoms with E-state index in [1.54, 1.807) is 0 Å². The fourth-order valence-electron chi connectivity index (χ4n) is 2.35. The number of hydrogen-bond acceptors (Lipinski definition) is 2. The van der Waals surface area contributed by atoms with Gasteiger partial charge in [-0.2, -0.15) is 0 Å². The van der Waals surface area contributed by atoms with E-state index in [1.165, 1.54) is 48.1 Å². The van der Waals surface area contributed by atoms with E-state index in [0.717, 1.165) is 12.5 Å². The maximum absolute atomic E-state index is 3.53. The van der Waals surface area contributed by atoms with Gasteiger partial charge in [0.15, 0.2) is 0 Å². The molecule has 2 rings (SSSR count). The molecule has 94 valence electrons. The average Bonchev–Trinajstić information content (AvgIpc) is 2.35. The first-order valence-electron chi connectivity index (χ1n) is 6.46. The van der Waals surface area contributed by atoms with Gasteiger partial charge in [0.25, 0.3) is 0 Å². The van der Waals surface area contributed by atoms with Crippen LogP contribution in [-0.2, 0) is 0 Å². The summed E-state index contributed by atoms with van der Waals surface area (Å²) in [5.74, 6) is 0.903. The van der Waals surface area contributed by atoms with Crippen molar-refractivity contribution in [2.24, 2.45) is 5.92 Å². The highest BCUT2D eigenvalue weighted by molar-refractivity contribution is 9.10. The van der Waals surface area contributed by atoms with Gasteiger partial charge >= 0.3 is 0 Å². The summed E-state index contributed by atoms with van der Waals surface area (Å²) < 4.78 is 1.18. The lowest BCUT2D eigenvalue weighted by Gasteiger charge is -2.22. The molecule has 1 aliphatic rings. The number of hydrogen-bond donors (Lipinski definition) is 2. The minimum absolute atomic E-state index is 0.903. The molecule has 0 unspecified atom stereocenters. The van der Waals surface area contributed by atoms with Crippen molar-refractivity contribution in [3.8, 4) is 0 Å². The number of aryl methyl sites for hydroxylation is 1. The summed E-state index contributed by atoms with van der Waals surface area (Å²) in [6, 6.07) is 6.45. The van der Waals surface area contributed by atoms with Gasteiger partial charge in [-0.3, -0.25) is 0 Å². The van der Waals surface area contributed by atoms with Crippen molar-refractivity contribution < 1.29 is 0 Å². The molecule has 0 aliphatic carbocycles. The third kappa shape index (κ3) is 4.00. The summed E-state index contributed by atoms with van der Waals surface area (Å²) in [7, 11) is 0. The summed E-state index contributed by atoms with van der Waals surface area (Å²) >= 11 is 3.53. The molecule has 1 aromatic rings. The second kappa shape index (κ2) is 6.41. The Morgan fingerprint density at radius 1 is 1.35 bits per heavy atom. The Hall–Kier alpha value is -0.540. The molecule has 1 fully saturated rings. The van der Waals surface area contributed by atoms with E-state index in [4.69, 9.17) is 0 Å². The monoisotopic (exact) mass is 296 g/mol. The van der Waals surface area contributed by atoms with E-state index in [1.807, 2.05) is 0 Å². The van der Waals surface area contributed by atoms with Crippen molar-refractivity contribution in [1.82, 2.24) is 5.32 Å². The third-order valence-corrected chi connectivity index (χ3v) is 4.39. The fourth-order valence-corrected chi connectivity index (χ4v) is 2.59. The second-order valence-electron chi connectivity index (χ2n) is 4.87. The van der Waals surface area contributed by atoms with Crippen LogP contribution >= 0.6 is 15.9 Å². The molecule has 1 saturated heterocycles. The smallest absolute Gasteiger partial charge is 0.0343 e. The van der Waals surface area contributed by atoms with Gasteiger partial charge in [0.1, 0.15) is 0 Å². The highest BCUT2D eigenvalue weighted by atomic mass is 79.9. The van der Waals surface area contributed by atoms with E-state index < -0.39 is 0 Å². The molecule has 1 aliphatic heterocycles. The molecule has 0 amide bonds. The van der Waals surface area contributed by atoms with Gasteiger partial charge in [-0.25, -0.2) is 0 Å². The van der Waals surface area contributed by atoms with Crippen molar-refractivity contribution in [3.63, 3.8) is 0 Å². The molecular formula is C14H21BrN2. The van der Waals surface area contributed by atoms with Gasteiger partial charge in [0.2, 0.25) is 0 Å². The number of rotatable bonds is 4. The van der Waals surface area contributed by atoms with Crippen molar-refractivity contribution in [3.05, 3.63) is 28.2 Å². The van der Waals surface area contributed by atoms with Gasteiger partial charge < -0.3 is 10.6 Å². The molecule has 0 atom stereocenters. The van der Waals surface area contributed by atoms with E-state index >= 15 is 0 Å². The van der Waals surface area contributed by atoms with Crippen LogP contribution in [0.2, 0.25) is 0 Å². The van der Waals surface area contributed by atoms with Crippen LogP contribution in [0.15, 0.2) is 22.7 Å². The van der Waals surface area contributed by atoms with Crippen LogP contribution in [0.5, 0.6) is 0 Å². The van der Waals surface area contributed by atoms with Gasteiger partial charge in [-0.05, 0) is 69.0 Å². The normalized spacial score (nSPS) is 17.1. The zero-order valence-corrected chi connectivity index (χ0v) is 12.0. The zero-order chi connectivity index (χ0) is 12.1. The first kappa shape index (κ1) is 12.9. The maximum Gasteiger partial charge on any atom is 0.0343 e. The highest BCUT2D eigenvalue weighted by Gasteiger charge is 2.11. The lowest BCUT2D eigenvalue weighted by atomic mass is 9.95. The van der Waals surface area contributed by atoms with E-state index in [9.17, 15) is 0 Å². The first-order chi connectivity index (χ1) is 8.25. The molecule has 0 saturated carbocycles. The Kier molecular flexibility index (Phi) is 4.86. The van der Waals surface area contributed by atoms with E-state index in [-0.39, 0.29) is 0 Å². The van der Waals surface area contributed by atoms with Crippen molar-refractivity contribution in [2.75, 3.05) is 25.0 Å². The summed E-state index contributed by atoms with van der Waals surface area (Å²) in [6.45, 7) is 5.61. The Morgan fingerprint density at radius 2 is 2.12 bits per heavy atom. The Morgan fingerprint density at radius 3 is 2.82 bits per heavy atom. The van der Waals surface area contributed by atoms with Gasteiger partial charge in [0, 0.05) is 16.7 Å². The fraction of sp³-hybridized carbons (Fsp3) is 0.571. The van der Waals surface area contributed by atoms with Crippen LogP contribution in [0.25, 0.3) is 0 Å². The average molecular weight is 297 g/mol. The molecular weight excluding hydrogens is 276 g/mol. The van der Waals surface area contributed by atoms with E-state index in [0.29, 0.717) is 0 Å². The molecule has 0 radical (unpaired) electrons. The Bertz CT molecular complexity index is 359. The summed E-state index contributed by atoms with van der Waals surface area (Å²) in [6.07, 6.45) is 3.96. The molecule has 1 heterocycles. The molecule has 3 heteroatoms. The SMILES string of the molecule is Cc1cc(NCCC2CCNCC2)ccc1Br. The number of benzene rings is 1. The molecule has 2 nitrogen and oxygen atoms in total. The van der Waals surface area contributed by atoms with Crippen LogP contribution in [0.3, 0.4) is 0 Å². The standard InChI is InChI=1S/C14H21BrN2/c1-11-10-13(2-3-14(11)15)17-9-6-12-4-7-16-8-5-12/h2-3,10,12,16-17H,4-9H2,1H3. The molecule has 0 aromatic heterocycles. The molecule has 1 aromatic carbocycles. The van der Waals surface area contributed by atoms with Gasteiger partial charge in [-0.15, -0.1) is 0 Å². The Balaban J connectivity index is 1.75. The molecule has 2 N–H and O–H groups in total. The molecule has 17 heavy (non-hydrogen) atoms. The highest BCUT2D eigenvalue weighted by Crippen LogP contribution is 2.21. The van der Waals surface area contributed by atoms with Gasteiger partial charge in [-0.1, -0.05) is 15.9 Å². The third-order valence-electron chi connectivity index (χ3n) is 3.50. The topological polar surface area (TPSA) is 24.1 Å². The number of anilines is 1. The van der Waals surface area contributed by atoms with Crippen LogP contribution in [0.1, 0.15) is 24.8 Å². The van der Waals surface area contributed by atoms with Gasteiger partial charge in [0.05, 0.1) is 0 Å². The lowest BCUT2D eigenvalue weighted by Crippen LogP contribution is -2.28. The number of nitrogens with one attached hydrogen (secondary N) is 2. The first-order valence-corrected chi connectivity index (χ1v) is 7.26. The van der Waals surface area contributed by atoms with Crippen LogP contribution in [-0.4, -0.2) is 19.6 Å². The van der Waals surface area contributed by atoms with Crippen LogP contribution in [0.4, 0.5) is 5.69 Å². The zero-order valence-electron chi connectivity index (χ0n) is 10.4. The predicted molar refractivity (Wildman–Crippen MR) is 77.6 cm³/mol. The predicted octanol–water partition coefficient (Wildman–Crippen LogP) is 3.56. The maximum atomic E-state index is 3.53. The summed E-state index contributed by atoms with van der Waals surface area (Å²) in [5, 5.41) is 6.93. The summed E-state index contributed by atoms with van der Waals surface area (Å²) in [5.41, 5.74) is 2.52. The van der Waals surface area contributed by atoms with Crippen molar-refractivity contribution in [1.29, 1.82) is 0 Å². The summed E-state index contributed by atoms with van der Waals surface area (Å²) in [4.78, 5) is 0. The van der Waals surface area contributed by atoms with Crippen molar-refractivity contribution >= 4 is 21.6 Å². The largest absolute Gasteiger partial charge is 0.385 e. The minimum atomic E-state index is 0.903. The molecule has 0 bridgehead atoms.